The van der Waals surface area contributed by atoms with Gasteiger partial charge in [-0.3, -0.25) is 4.79 Å². The number of ketones is 1. The molecule has 0 radical (unpaired) electrons. The van der Waals surface area contributed by atoms with Gasteiger partial charge in [-0.25, -0.2) is 8.42 Å². The number of Topliss-reactive ketones (excluding diaryl/α,β-unsaturated/α-hetero) is 1. The van der Waals surface area contributed by atoms with Crippen molar-refractivity contribution in [3.05, 3.63) is 29.3 Å². The standard InChI is InChI=1S/C18H26ClNO3S.ClH/c1-20(12-11-18(21)15-5-3-2-4-6-15)13-14-24(22,23)17-9-7-16(19)8-10-17;/h7-10,15H,2-6,11-14H2,1H3;1H. The molecule has 1 aliphatic rings. The van der Waals surface area contributed by atoms with Crippen molar-refractivity contribution >= 4 is 27.2 Å². The van der Waals surface area contributed by atoms with Crippen LogP contribution in [-0.4, -0.2) is 40.1 Å². The highest BCUT2D eigenvalue weighted by molar-refractivity contribution is 7.91. The average molecular weight is 408 g/mol. The van der Waals surface area contributed by atoms with Crippen LogP contribution < -0.4 is 17.3 Å². The molecule has 1 aromatic rings. The molecule has 4 nitrogen and oxygen atoms in total. The molecule has 0 spiro atoms. The first-order valence-electron chi connectivity index (χ1n) is 8.71. The van der Waals surface area contributed by atoms with E-state index in [1.165, 1.54) is 19.3 Å². The maximum Gasteiger partial charge on any atom is 0.183 e. The second kappa shape index (κ2) is 10.5. The first kappa shape index (κ1) is 22.4. The summed E-state index contributed by atoms with van der Waals surface area (Å²) in [7, 11) is -1.35. The van der Waals surface area contributed by atoms with Crippen LogP contribution in [0.2, 0.25) is 5.02 Å². The molecule has 1 atom stereocenters. The number of quaternary nitrogens is 1. The summed E-state index contributed by atoms with van der Waals surface area (Å²) in [6, 6.07) is 6.26. The van der Waals surface area contributed by atoms with Crippen molar-refractivity contribution in [3.63, 3.8) is 0 Å². The Hall–Kier alpha value is -0.620. The number of sulfone groups is 1. The summed E-state index contributed by atoms with van der Waals surface area (Å²) >= 11 is 5.79. The van der Waals surface area contributed by atoms with Crippen LogP contribution >= 0.6 is 11.6 Å². The fourth-order valence-electron chi connectivity index (χ4n) is 3.16. The summed E-state index contributed by atoms with van der Waals surface area (Å²) in [5, 5.41) is 0.526. The van der Waals surface area contributed by atoms with Gasteiger partial charge in [-0.1, -0.05) is 30.9 Å². The van der Waals surface area contributed by atoms with E-state index in [-0.39, 0.29) is 24.1 Å². The van der Waals surface area contributed by atoms with Crippen molar-refractivity contribution in [1.82, 2.24) is 0 Å². The molecule has 1 fully saturated rings. The normalized spacial score (nSPS) is 16.9. The molecule has 7 heteroatoms. The number of rotatable bonds is 8. The highest BCUT2D eigenvalue weighted by atomic mass is 35.5. The van der Waals surface area contributed by atoms with E-state index in [4.69, 9.17) is 11.6 Å². The lowest BCUT2D eigenvalue weighted by Gasteiger charge is -2.21. The van der Waals surface area contributed by atoms with Crippen LogP contribution in [0, 0.1) is 5.92 Å². The topological polar surface area (TPSA) is 55.6 Å². The minimum atomic E-state index is -3.30. The van der Waals surface area contributed by atoms with Crippen LogP contribution in [-0.2, 0) is 14.6 Å². The quantitative estimate of drug-likeness (QED) is 0.611. The number of nitrogens with one attached hydrogen (secondary N) is 1. The van der Waals surface area contributed by atoms with Crippen molar-refractivity contribution in [2.75, 3.05) is 25.9 Å². The molecular formula is C18H27Cl2NO3S. The average Bonchev–Trinajstić information content (AvgIpc) is 2.59. The Balaban J connectivity index is 0.00000312. The number of carbonyl (C=O) groups excluding carboxylic acids is 1. The molecule has 1 aromatic carbocycles. The lowest BCUT2D eigenvalue weighted by Crippen LogP contribution is -3.09. The zero-order chi connectivity index (χ0) is 17.6. The molecule has 2 rings (SSSR count). The molecule has 1 saturated carbocycles. The van der Waals surface area contributed by atoms with E-state index in [0.717, 1.165) is 17.7 Å². The molecule has 0 aromatic heterocycles. The van der Waals surface area contributed by atoms with Gasteiger partial charge < -0.3 is 17.3 Å². The Morgan fingerprint density at radius 2 is 1.72 bits per heavy atom. The Bertz CT molecular complexity index is 641. The van der Waals surface area contributed by atoms with Gasteiger partial charge in [0.15, 0.2) is 9.84 Å². The number of hydrogen-bond acceptors (Lipinski definition) is 3. The molecule has 0 amide bonds. The highest BCUT2D eigenvalue weighted by Gasteiger charge is 2.22. The summed E-state index contributed by atoms with van der Waals surface area (Å²) < 4.78 is 24.6. The van der Waals surface area contributed by atoms with E-state index in [0.29, 0.717) is 35.2 Å². The van der Waals surface area contributed by atoms with E-state index in [2.05, 4.69) is 0 Å². The molecule has 142 valence electrons. The van der Waals surface area contributed by atoms with E-state index < -0.39 is 9.84 Å². The van der Waals surface area contributed by atoms with E-state index in [1.54, 1.807) is 24.3 Å². The SMILES string of the molecule is C[NH+](CCC(=O)C1CCCCC1)CCS(=O)(=O)c1ccc(Cl)cc1.[Cl-]. The van der Waals surface area contributed by atoms with Crippen molar-refractivity contribution in [1.29, 1.82) is 0 Å². The van der Waals surface area contributed by atoms with Gasteiger partial charge in [-0.05, 0) is 37.1 Å². The third-order valence-corrected chi connectivity index (χ3v) is 6.81. The summed E-state index contributed by atoms with van der Waals surface area (Å²) in [5.74, 6) is 0.678. The van der Waals surface area contributed by atoms with Gasteiger partial charge in [0.2, 0.25) is 0 Å². The number of halogens is 2. The molecule has 0 bridgehead atoms. The fraction of sp³-hybridized carbons (Fsp3) is 0.611. The highest BCUT2D eigenvalue weighted by Crippen LogP contribution is 2.24. The van der Waals surface area contributed by atoms with Crippen LogP contribution in [0.5, 0.6) is 0 Å². The van der Waals surface area contributed by atoms with Gasteiger partial charge in [0.1, 0.15) is 11.5 Å². The Kier molecular flexibility index (Phi) is 9.43. The summed E-state index contributed by atoms with van der Waals surface area (Å²) in [6.07, 6.45) is 6.19. The van der Waals surface area contributed by atoms with Gasteiger partial charge in [0.05, 0.1) is 31.5 Å². The molecule has 0 aliphatic heterocycles. The predicted molar refractivity (Wildman–Crippen MR) is 96.3 cm³/mol. The van der Waals surface area contributed by atoms with Crippen molar-refractivity contribution in [2.24, 2.45) is 5.92 Å². The predicted octanol–water partition coefficient (Wildman–Crippen LogP) is -0.828. The minimum Gasteiger partial charge on any atom is -1.00 e. The van der Waals surface area contributed by atoms with Crippen LogP contribution in [0.3, 0.4) is 0 Å². The second-order valence-electron chi connectivity index (χ2n) is 6.78. The second-order valence-corrected chi connectivity index (χ2v) is 9.33. The number of carbonyl (C=O) groups is 1. The molecular weight excluding hydrogens is 381 g/mol. The summed E-state index contributed by atoms with van der Waals surface area (Å²) in [4.78, 5) is 13.6. The van der Waals surface area contributed by atoms with Crippen LogP contribution in [0.4, 0.5) is 0 Å². The van der Waals surface area contributed by atoms with Gasteiger partial charge in [0, 0.05) is 10.9 Å². The molecule has 1 unspecified atom stereocenters. The molecule has 0 heterocycles. The fourth-order valence-corrected chi connectivity index (χ4v) is 4.69. The van der Waals surface area contributed by atoms with Gasteiger partial charge in [-0.15, -0.1) is 0 Å². The van der Waals surface area contributed by atoms with E-state index >= 15 is 0 Å². The van der Waals surface area contributed by atoms with E-state index in [1.807, 2.05) is 7.05 Å². The van der Waals surface area contributed by atoms with Gasteiger partial charge >= 0.3 is 0 Å². The third kappa shape index (κ3) is 7.26. The zero-order valence-corrected chi connectivity index (χ0v) is 17.0. The molecule has 1 aliphatic carbocycles. The largest absolute Gasteiger partial charge is 1.00 e. The summed E-state index contributed by atoms with van der Waals surface area (Å²) in [6.45, 7) is 1.20. The lowest BCUT2D eigenvalue weighted by molar-refractivity contribution is -0.876. The van der Waals surface area contributed by atoms with Crippen LogP contribution in [0.1, 0.15) is 38.5 Å². The maximum absolute atomic E-state index is 12.3. The van der Waals surface area contributed by atoms with Crippen molar-refractivity contribution in [2.45, 2.75) is 43.4 Å². The first-order chi connectivity index (χ1) is 11.4. The lowest BCUT2D eigenvalue weighted by atomic mass is 9.85. The number of benzene rings is 1. The monoisotopic (exact) mass is 407 g/mol. The van der Waals surface area contributed by atoms with Crippen molar-refractivity contribution < 1.29 is 30.5 Å². The molecule has 1 N–H and O–H groups in total. The Morgan fingerprint density at radius 1 is 1.12 bits per heavy atom. The van der Waals surface area contributed by atoms with Crippen LogP contribution in [0.15, 0.2) is 29.2 Å². The van der Waals surface area contributed by atoms with Crippen molar-refractivity contribution in [3.8, 4) is 0 Å². The van der Waals surface area contributed by atoms with E-state index in [9.17, 15) is 13.2 Å². The molecule has 0 saturated heterocycles. The van der Waals surface area contributed by atoms with Gasteiger partial charge in [-0.2, -0.15) is 0 Å². The maximum atomic E-state index is 12.3. The molecule has 25 heavy (non-hydrogen) atoms. The minimum absolute atomic E-state index is 0. The first-order valence-corrected chi connectivity index (χ1v) is 10.7. The third-order valence-electron chi connectivity index (χ3n) is 4.83. The van der Waals surface area contributed by atoms with Crippen LogP contribution in [0.25, 0.3) is 0 Å². The number of hydrogen-bond donors (Lipinski definition) is 1. The smallest absolute Gasteiger partial charge is 0.183 e. The van der Waals surface area contributed by atoms with Gasteiger partial charge in [0.25, 0.3) is 0 Å². The Labute approximate surface area is 162 Å². The zero-order valence-electron chi connectivity index (χ0n) is 14.6. The Morgan fingerprint density at radius 3 is 2.32 bits per heavy atom. The summed E-state index contributed by atoms with van der Waals surface area (Å²) in [5.41, 5.74) is 0.